The molecule has 0 radical (unpaired) electrons. The van der Waals surface area contributed by atoms with Crippen molar-refractivity contribution >= 4 is 0 Å². The number of nitrogens with two attached hydrogens (primary N) is 1. The van der Waals surface area contributed by atoms with E-state index in [1.54, 1.807) is 19.1 Å². The number of rotatable bonds is 4. The maximum atomic E-state index is 13.9. The molecule has 0 aliphatic carbocycles. The molecule has 2 rings (SSSR count). The molecule has 20 heavy (non-hydrogen) atoms. The van der Waals surface area contributed by atoms with Crippen LogP contribution in [0.15, 0.2) is 30.3 Å². The van der Waals surface area contributed by atoms with Crippen LogP contribution in [0.1, 0.15) is 36.8 Å². The molecule has 2 N–H and O–H groups in total. The average Bonchev–Trinajstić information content (AvgIpc) is 2.40. The molecule has 0 saturated carbocycles. The van der Waals surface area contributed by atoms with E-state index in [0.29, 0.717) is 17.1 Å². The van der Waals surface area contributed by atoms with Crippen LogP contribution in [0.3, 0.4) is 0 Å². The molecule has 0 saturated heterocycles. The monoisotopic (exact) mass is 274 g/mol. The lowest BCUT2D eigenvalue weighted by Crippen LogP contribution is -2.09. The van der Waals surface area contributed by atoms with E-state index in [0.717, 1.165) is 17.8 Å². The van der Waals surface area contributed by atoms with Gasteiger partial charge in [-0.2, -0.15) is 0 Å². The summed E-state index contributed by atoms with van der Waals surface area (Å²) in [6, 6.07) is 8.02. The molecule has 2 aromatic rings. The number of pyridine rings is 1. The van der Waals surface area contributed by atoms with Crippen molar-refractivity contribution < 1.29 is 9.13 Å². The molecule has 0 amide bonds. The summed E-state index contributed by atoms with van der Waals surface area (Å²) >= 11 is 0. The van der Waals surface area contributed by atoms with Crippen LogP contribution < -0.4 is 10.5 Å². The molecule has 0 aliphatic heterocycles. The van der Waals surface area contributed by atoms with Crippen molar-refractivity contribution in [2.24, 2.45) is 5.73 Å². The van der Waals surface area contributed by atoms with E-state index in [9.17, 15) is 4.39 Å². The summed E-state index contributed by atoms with van der Waals surface area (Å²) in [6.07, 6.45) is 0.750. The van der Waals surface area contributed by atoms with E-state index in [2.05, 4.69) is 4.98 Å². The summed E-state index contributed by atoms with van der Waals surface area (Å²) in [5.74, 6) is 0.738. The highest BCUT2D eigenvalue weighted by Crippen LogP contribution is 2.32. The summed E-state index contributed by atoms with van der Waals surface area (Å²) < 4.78 is 19.7. The second kappa shape index (κ2) is 6.01. The first kappa shape index (κ1) is 14.5. The van der Waals surface area contributed by atoms with E-state index in [1.165, 1.54) is 6.07 Å². The first-order valence-electron chi connectivity index (χ1n) is 6.71. The van der Waals surface area contributed by atoms with E-state index < -0.39 is 6.04 Å². The Balaban J connectivity index is 2.43. The van der Waals surface area contributed by atoms with Gasteiger partial charge in [0, 0.05) is 17.3 Å². The zero-order chi connectivity index (χ0) is 14.7. The summed E-state index contributed by atoms with van der Waals surface area (Å²) in [5, 5.41) is 0. The van der Waals surface area contributed by atoms with Gasteiger partial charge in [-0.3, -0.25) is 4.98 Å². The van der Waals surface area contributed by atoms with Gasteiger partial charge in [0.2, 0.25) is 0 Å². The number of ether oxygens (including phenoxy) is 1. The van der Waals surface area contributed by atoms with Crippen molar-refractivity contribution in [3.8, 4) is 11.5 Å². The second-order valence-electron chi connectivity index (χ2n) is 4.79. The number of benzene rings is 1. The second-order valence-corrected chi connectivity index (χ2v) is 4.79. The quantitative estimate of drug-likeness (QED) is 0.919. The van der Waals surface area contributed by atoms with Gasteiger partial charge in [-0.25, -0.2) is 4.39 Å². The van der Waals surface area contributed by atoms with Crippen LogP contribution in [-0.2, 0) is 6.42 Å². The highest BCUT2D eigenvalue weighted by Gasteiger charge is 2.15. The minimum absolute atomic E-state index is 0.351. The largest absolute Gasteiger partial charge is 0.455 e. The lowest BCUT2D eigenvalue weighted by atomic mass is 10.1. The summed E-state index contributed by atoms with van der Waals surface area (Å²) in [6.45, 7) is 5.67. The fraction of sp³-hybridized carbons (Fsp3) is 0.312. The summed E-state index contributed by atoms with van der Waals surface area (Å²) in [5.41, 5.74) is 8.00. The van der Waals surface area contributed by atoms with E-state index in [-0.39, 0.29) is 5.82 Å². The molecule has 0 fully saturated rings. The average molecular weight is 274 g/mol. The molecule has 0 aliphatic rings. The first-order valence-corrected chi connectivity index (χ1v) is 6.71. The Kier molecular flexibility index (Phi) is 4.35. The third-order valence-corrected chi connectivity index (χ3v) is 3.09. The van der Waals surface area contributed by atoms with Gasteiger partial charge in [0.15, 0.2) is 0 Å². The number of halogens is 1. The Labute approximate surface area is 118 Å². The summed E-state index contributed by atoms with van der Waals surface area (Å²) in [7, 11) is 0. The predicted molar refractivity (Wildman–Crippen MR) is 77.4 cm³/mol. The number of hydrogen-bond donors (Lipinski definition) is 1. The van der Waals surface area contributed by atoms with Crippen molar-refractivity contribution in [3.63, 3.8) is 0 Å². The van der Waals surface area contributed by atoms with Crippen molar-refractivity contribution in [1.82, 2.24) is 4.98 Å². The molecule has 0 unspecified atom stereocenters. The smallest absolute Gasteiger partial charge is 0.148 e. The van der Waals surface area contributed by atoms with Crippen LogP contribution in [0.5, 0.6) is 11.5 Å². The molecule has 106 valence electrons. The van der Waals surface area contributed by atoms with E-state index in [4.69, 9.17) is 10.5 Å². The SMILES string of the molecule is CCc1nc(C)ccc1Oc1cccc(F)c1[C@H](C)N. The topological polar surface area (TPSA) is 48.1 Å². The van der Waals surface area contributed by atoms with Gasteiger partial charge in [-0.15, -0.1) is 0 Å². The highest BCUT2D eigenvalue weighted by atomic mass is 19.1. The van der Waals surface area contributed by atoms with Gasteiger partial charge in [0.1, 0.15) is 17.3 Å². The van der Waals surface area contributed by atoms with Crippen LogP contribution in [0, 0.1) is 12.7 Å². The van der Waals surface area contributed by atoms with Gasteiger partial charge in [-0.05, 0) is 44.5 Å². The third kappa shape index (κ3) is 2.96. The molecular weight excluding hydrogens is 255 g/mol. The van der Waals surface area contributed by atoms with Crippen molar-refractivity contribution in [1.29, 1.82) is 0 Å². The van der Waals surface area contributed by atoms with Crippen molar-refractivity contribution in [2.75, 3.05) is 0 Å². The molecule has 1 atom stereocenters. The molecule has 1 aromatic heterocycles. The third-order valence-electron chi connectivity index (χ3n) is 3.09. The Morgan fingerprint density at radius 3 is 2.65 bits per heavy atom. The molecular formula is C16H19FN2O. The first-order chi connectivity index (χ1) is 9.52. The van der Waals surface area contributed by atoms with Crippen molar-refractivity contribution in [2.45, 2.75) is 33.2 Å². The number of nitrogens with zero attached hydrogens (tertiary/aromatic N) is 1. The molecule has 4 heteroatoms. The molecule has 0 spiro atoms. The number of aryl methyl sites for hydroxylation is 2. The minimum atomic E-state index is -0.435. The van der Waals surface area contributed by atoms with Gasteiger partial charge >= 0.3 is 0 Å². The van der Waals surface area contributed by atoms with Crippen LogP contribution in [-0.4, -0.2) is 4.98 Å². The van der Waals surface area contributed by atoms with Crippen LogP contribution in [0.4, 0.5) is 4.39 Å². The lowest BCUT2D eigenvalue weighted by molar-refractivity contribution is 0.453. The van der Waals surface area contributed by atoms with Crippen LogP contribution >= 0.6 is 0 Å². The predicted octanol–water partition coefficient (Wildman–Crippen LogP) is 3.90. The molecule has 1 heterocycles. The number of hydrogen-bond acceptors (Lipinski definition) is 3. The normalized spacial score (nSPS) is 12.2. The maximum Gasteiger partial charge on any atom is 0.148 e. The van der Waals surface area contributed by atoms with Crippen LogP contribution in [0.25, 0.3) is 0 Å². The Bertz CT molecular complexity index is 611. The van der Waals surface area contributed by atoms with Gasteiger partial charge in [0.25, 0.3) is 0 Å². The van der Waals surface area contributed by atoms with E-state index in [1.807, 2.05) is 26.0 Å². The Morgan fingerprint density at radius 1 is 1.25 bits per heavy atom. The van der Waals surface area contributed by atoms with Crippen LogP contribution in [0.2, 0.25) is 0 Å². The van der Waals surface area contributed by atoms with E-state index >= 15 is 0 Å². The number of aromatic nitrogens is 1. The zero-order valence-corrected chi connectivity index (χ0v) is 12.0. The van der Waals surface area contributed by atoms with Gasteiger partial charge < -0.3 is 10.5 Å². The fourth-order valence-electron chi connectivity index (χ4n) is 2.11. The maximum absolute atomic E-state index is 13.9. The molecule has 0 bridgehead atoms. The highest BCUT2D eigenvalue weighted by molar-refractivity contribution is 5.41. The minimum Gasteiger partial charge on any atom is -0.455 e. The standard InChI is InChI=1S/C16H19FN2O/c1-4-13-14(9-8-10(2)19-13)20-15-7-5-6-12(17)16(15)11(3)18/h5-9,11H,4,18H2,1-3H3/t11-/m0/s1. The molecule has 3 nitrogen and oxygen atoms in total. The zero-order valence-electron chi connectivity index (χ0n) is 12.0. The molecule has 1 aromatic carbocycles. The van der Waals surface area contributed by atoms with Gasteiger partial charge in [-0.1, -0.05) is 13.0 Å². The summed E-state index contributed by atoms with van der Waals surface area (Å²) in [4.78, 5) is 4.43. The fourth-order valence-corrected chi connectivity index (χ4v) is 2.11. The van der Waals surface area contributed by atoms with Crippen molar-refractivity contribution in [3.05, 3.63) is 53.1 Å². The lowest BCUT2D eigenvalue weighted by Gasteiger charge is -2.16. The Hall–Kier alpha value is -1.94. The van der Waals surface area contributed by atoms with Gasteiger partial charge in [0.05, 0.1) is 5.69 Å². The Morgan fingerprint density at radius 2 is 2.00 bits per heavy atom.